The van der Waals surface area contributed by atoms with Crippen LogP contribution in [0.2, 0.25) is 0 Å². The van der Waals surface area contributed by atoms with Gasteiger partial charge in [0.05, 0.1) is 15.9 Å². The van der Waals surface area contributed by atoms with Crippen molar-refractivity contribution in [2.75, 3.05) is 18.0 Å². The fraction of sp³-hybridized carbons (Fsp3) is 0.200. The normalized spacial score (nSPS) is 9.56. The molecule has 8 heteroatoms. The van der Waals surface area contributed by atoms with Gasteiger partial charge in [0.2, 0.25) is 0 Å². The van der Waals surface area contributed by atoms with Crippen molar-refractivity contribution in [1.29, 1.82) is 0 Å². The number of pyridine rings is 1. The highest BCUT2D eigenvalue weighted by Crippen LogP contribution is 2.27. The maximum absolute atomic E-state index is 10.7. The SMILES string of the molecule is C#CCN(CC(=O)O)c1ncc([N+](=O)[O-])cc1Br. The van der Waals surface area contributed by atoms with Gasteiger partial charge in [-0.25, -0.2) is 4.98 Å². The molecule has 0 unspecified atom stereocenters. The van der Waals surface area contributed by atoms with Crippen LogP contribution in [0.3, 0.4) is 0 Å². The van der Waals surface area contributed by atoms with E-state index in [-0.39, 0.29) is 24.6 Å². The van der Waals surface area contributed by atoms with Crippen molar-refractivity contribution in [3.8, 4) is 12.3 Å². The lowest BCUT2D eigenvalue weighted by Crippen LogP contribution is -2.31. The minimum atomic E-state index is -1.07. The second-order valence-electron chi connectivity index (χ2n) is 3.21. The summed E-state index contributed by atoms with van der Waals surface area (Å²) in [5.74, 6) is 1.48. The number of carbonyl (C=O) groups is 1. The van der Waals surface area contributed by atoms with E-state index in [2.05, 4.69) is 26.8 Å². The van der Waals surface area contributed by atoms with Gasteiger partial charge in [0.15, 0.2) is 0 Å². The van der Waals surface area contributed by atoms with Crippen molar-refractivity contribution in [1.82, 2.24) is 4.98 Å². The molecule has 1 aromatic heterocycles. The Morgan fingerprint density at radius 3 is 2.83 bits per heavy atom. The zero-order chi connectivity index (χ0) is 13.7. The lowest BCUT2D eigenvalue weighted by molar-refractivity contribution is -0.385. The van der Waals surface area contributed by atoms with Gasteiger partial charge in [-0.3, -0.25) is 14.9 Å². The highest BCUT2D eigenvalue weighted by molar-refractivity contribution is 9.10. The van der Waals surface area contributed by atoms with Crippen LogP contribution in [0.25, 0.3) is 0 Å². The number of anilines is 1. The maximum Gasteiger partial charge on any atom is 0.323 e. The maximum atomic E-state index is 10.7. The summed E-state index contributed by atoms with van der Waals surface area (Å²) in [7, 11) is 0. The molecular formula is C10H8BrN3O4. The minimum Gasteiger partial charge on any atom is -0.480 e. The first-order valence-corrected chi connectivity index (χ1v) is 5.45. The molecule has 0 saturated carbocycles. The Balaban J connectivity index is 3.09. The molecule has 0 radical (unpaired) electrons. The monoisotopic (exact) mass is 313 g/mol. The Morgan fingerprint density at radius 2 is 2.39 bits per heavy atom. The summed E-state index contributed by atoms with van der Waals surface area (Å²) >= 11 is 3.11. The van der Waals surface area contributed by atoms with Crippen LogP contribution >= 0.6 is 15.9 Å². The number of carboxylic acid groups (broad SMARTS) is 1. The molecule has 0 saturated heterocycles. The van der Waals surface area contributed by atoms with Crippen molar-refractivity contribution in [2.45, 2.75) is 0 Å². The van der Waals surface area contributed by atoms with Gasteiger partial charge in [0, 0.05) is 6.07 Å². The first kappa shape index (κ1) is 13.9. The highest BCUT2D eigenvalue weighted by atomic mass is 79.9. The van der Waals surface area contributed by atoms with Crippen LogP contribution in [0.4, 0.5) is 11.5 Å². The summed E-state index contributed by atoms with van der Waals surface area (Å²) in [4.78, 5) is 25.8. The van der Waals surface area contributed by atoms with E-state index < -0.39 is 10.9 Å². The number of halogens is 1. The standard InChI is InChI=1S/C10H8BrN3O4/c1-2-3-13(6-9(15)16)10-8(11)4-7(5-12-10)14(17)18/h1,4-5H,3,6H2,(H,15,16). The average molecular weight is 314 g/mol. The molecular weight excluding hydrogens is 306 g/mol. The van der Waals surface area contributed by atoms with E-state index in [4.69, 9.17) is 11.5 Å². The van der Waals surface area contributed by atoms with Crippen LogP contribution in [0.5, 0.6) is 0 Å². The lowest BCUT2D eigenvalue weighted by atomic mass is 10.3. The molecule has 1 heterocycles. The van der Waals surface area contributed by atoms with Gasteiger partial charge in [0.25, 0.3) is 5.69 Å². The third-order valence-electron chi connectivity index (χ3n) is 1.93. The number of nitrogens with zero attached hydrogens (tertiary/aromatic N) is 3. The number of carboxylic acids is 1. The number of hydrogen-bond donors (Lipinski definition) is 1. The van der Waals surface area contributed by atoms with Gasteiger partial charge in [-0.2, -0.15) is 0 Å². The van der Waals surface area contributed by atoms with Crippen LogP contribution in [0.1, 0.15) is 0 Å². The third-order valence-corrected chi connectivity index (χ3v) is 2.51. The molecule has 1 rings (SSSR count). The van der Waals surface area contributed by atoms with Gasteiger partial charge in [0.1, 0.15) is 18.6 Å². The van der Waals surface area contributed by atoms with E-state index in [9.17, 15) is 14.9 Å². The molecule has 0 spiro atoms. The lowest BCUT2D eigenvalue weighted by Gasteiger charge is -2.19. The quantitative estimate of drug-likeness (QED) is 0.499. The van der Waals surface area contributed by atoms with Gasteiger partial charge in [-0.1, -0.05) is 5.92 Å². The fourth-order valence-electron chi connectivity index (χ4n) is 1.23. The first-order valence-electron chi connectivity index (χ1n) is 4.66. The van der Waals surface area contributed by atoms with Crippen LogP contribution in [-0.2, 0) is 4.79 Å². The van der Waals surface area contributed by atoms with Crippen molar-refractivity contribution < 1.29 is 14.8 Å². The molecule has 18 heavy (non-hydrogen) atoms. The van der Waals surface area contributed by atoms with E-state index in [1.54, 1.807) is 0 Å². The number of nitro groups is 1. The molecule has 0 aromatic carbocycles. The molecule has 0 amide bonds. The smallest absolute Gasteiger partial charge is 0.323 e. The molecule has 0 fully saturated rings. The second-order valence-corrected chi connectivity index (χ2v) is 4.06. The van der Waals surface area contributed by atoms with E-state index in [1.165, 1.54) is 11.0 Å². The van der Waals surface area contributed by atoms with E-state index >= 15 is 0 Å². The molecule has 0 bridgehead atoms. The van der Waals surface area contributed by atoms with Crippen molar-refractivity contribution in [3.63, 3.8) is 0 Å². The molecule has 0 aliphatic heterocycles. The molecule has 7 nitrogen and oxygen atoms in total. The molecule has 94 valence electrons. The number of aliphatic carboxylic acids is 1. The number of aromatic nitrogens is 1. The summed E-state index contributed by atoms with van der Waals surface area (Å²) in [6, 6.07) is 1.24. The minimum absolute atomic E-state index is 0.0374. The molecule has 0 aliphatic rings. The highest BCUT2D eigenvalue weighted by Gasteiger charge is 2.17. The Morgan fingerprint density at radius 1 is 1.72 bits per heavy atom. The Bertz CT molecular complexity index is 526. The van der Waals surface area contributed by atoms with Gasteiger partial charge < -0.3 is 10.0 Å². The van der Waals surface area contributed by atoms with Gasteiger partial charge in [-0.15, -0.1) is 6.42 Å². The predicted molar refractivity (Wildman–Crippen MR) is 67.3 cm³/mol. The van der Waals surface area contributed by atoms with Crippen LogP contribution < -0.4 is 4.90 Å². The van der Waals surface area contributed by atoms with E-state index in [0.717, 1.165) is 6.20 Å². The Kier molecular flexibility index (Phi) is 4.62. The average Bonchev–Trinajstić information content (AvgIpc) is 2.27. The summed E-state index contributed by atoms with van der Waals surface area (Å²) < 4.78 is 0.313. The Hall–Kier alpha value is -2.14. The molecule has 1 N–H and O–H groups in total. The third kappa shape index (κ3) is 3.43. The molecule has 0 atom stereocenters. The van der Waals surface area contributed by atoms with Crippen molar-refractivity contribution in [2.24, 2.45) is 0 Å². The van der Waals surface area contributed by atoms with Crippen LogP contribution in [0, 0.1) is 22.5 Å². The Labute approximate surface area is 111 Å². The largest absolute Gasteiger partial charge is 0.480 e. The second kappa shape index (κ2) is 5.97. The van der Waals surface area contributed by atoms with Gasteiger partial charge in [-0.05, 0) is 15.9 Å². The van der Waals surface area contributed by atoms with Crippen molar-refractivity contribution in [3.05, 3.63) is 26.9 Å². The van der Waals surface area contributed by atoms with Crippen LogP contribution in [-0.4, -0.2) is 34.1 Å². The summed E-state index contributed by atoms with van der Waals surface area (Å²) in [6.45, 7) is -0.302. The first-order chi connectivity index (χ1) is 8.45. The zero-order valence-electron chi connectivity index (χ0n) is 9.04. The predicted octanol–water partition coefficient (Wildman–Crippen LogP) is 1.28. The van der Waals surface area contributed by atoms with Crippen LogP contribution in [0.15, 0.2) is 16.7 Å². The van der Waals surface area contributed by atoms with E-state index in [0.29, 0.717) is 4.47 Å². The summed E-state index contributed by atoms with van der Waals surface area (Å²) in [6.07, 6.45) is 6.18. The number of terminal acetylenes is 1. The summed E-state index contributed by atoms with van der Waals surface area (Å²) in [5, 5.41) is 19.3. The summed E-state index contributed by atoms with van der Waals surface area (Å²) in [5.41, 5.74) is -0.193. The van der Waals surface area contributed by atoms with E-state index in [1.807, 2.05) is 0 Å². The van der Waals surface area contributed by atoms with Gasteiger partial charge >= 0.3 is 5.97 Å². The fourth-order valence-corrected chi connectivity index (χ4v) is 1.82. The molecule has 0 aliphatic carbocycles. The number of hydrogen-bond acceptors (Lipinski definition) is 5. The molecule has 1 aromatic rings. The number of rotatable bonds is 5. The topological polar surface area (TPSA) is 96.6 Å². The zero-order valence-corrected chi connectivity index (χ0v) is 10.6. The van der Waals surface area contributed by atoms with Crippen molar-refractivity contribution >= 4 is 33.4 Å².